The van der Waals surface area contributed by atoms with Gasteiger partial charge in [0.2, 0.25) is 5.91 Å². The summed E-state index contributed by atoms with van der Waals surface area (Å²) in [5.74, 6) is 0.0764. The van der Waals surface area contributed by atoms with Crippen LogP contribution in [0.2, 0.25) is 10.0 Å². The standard InChI is InChI=1S/C20H22Cl2N2O2S/c1-12-4-7-17(13(2)10-12)23-20(26)18(8-9-27-3)24-19(25)15-6-5-14(21)11-16(15)22/h4-7,10-11,18H,8-9H2,1-3H3,(H,23,26)(H,24,25). The molecule has 27 heavy (non-hydrogen) atoms. The van der Waals surface area contributed by atoms with Crippen LogP contribution in [0.25, 0.3) is 0 Å². The lowest BCUT2D eigenvalue weighted by Gasteiger charge is -2.19. The van der Waals surface area contributed by atoms with Crippen LogP contribution < -0.4 is 10.6 Å². The van der Waals surface area contributed by atoms with Crippen molar-refractivity contribution in [3.63, 3.8) is 0 Å². The third-order valence-corrected chi connectivity index (χ3v) is 5.24. The van der Waals surface area contributed by atoms with Gasteiger partial charge in [-0.25, -0.2) is 0 Å². The van der Waals surface area contributed by atoms with Crippen molar-refractivity contribution in [3.05, 3.63) is 63.1 Å². The van der Waals surface area contributed by atoms with Gasteiger partial charge in [0, 0.05) is 10.7 Å². The second-order valence-corrected chi connectivity index (χ2v) is 8.07. The largest absolute Gasteiger partial charge is 0.340 e. The van der Waals surface area contributed by atoms with Gasteiger partial charge in [0.25, 0.3) is 5.91 Å². The zero-order chi connectivity index (χ0) is 20.0. The molecule has 2 aromatic carbocycles. The maximum Gasteiger partial charge on any atom is 0.253 e. The highest BCUT2D eigenvalue weighted by atomic mass is 35.5. The van der Waals surface area contributed by atoms with Gasteiger partial charge in [-0.05, 0) is 62.1 Å². The van der Waals surface area contributed by atoms with Crippen molar-refractivity contribution in [3.8, 4) is 0 Å². The zero-order valence-corrected chi connectivity index (χ0v) is 17.8. The Kier molecular flexibility index (Phi) is 8.02. The van der Waals surface area contributed by atoms with Crippen molar-refractivity contribution < 1.29 is 9.59 Å². The monoisotopic (exact) mass is 424 g/mol. The predicted molar refractivity (Wildman–Crippen MR) is 115 cm³/mol. The van der Waals surface area contributed by atoms with Gasteiger partial charge in [-0.1, -0.05) is 40.9 Å². The molecule has 2 rings (SSSR count). The number of rotatable bonds is 7. The normalized spacial score (nSPS) is 11.7. The number of amides is 2. The first-order chi connectivity index (χ1) is 12.8. The number of hydrogen-bond acceptors (Lipinski definition) is 3. The van der Waals surface area contributed by atoms with E-state index in [0.717, 1.165) is 22.6 Å². The van der Waals surface area contributed by atoms with Crippen molar-refractivity contribution in [2.75, 3.05) is 17.3 Å². The molecule has 0 bridgehead atoms. The molecule has 1 unspecified atom stereocenters. The highest BCUT2D eigenvalue weighted by molar-refractivity contribution is 7.98. The summed E-state index contributed by atoms with van der Waals surface area (Å²) in [4.78, 5) is 25.4. The van der Waals surface area contributed by atoms with Gasteiger partial charge in [0.1, 0.15) is 6.04 Å². The molecule has 7 heteroatoms. The second kappa shape index (κ2) is 10.0. The molecule has 2 aromatic rings. The number of hydrogen-bond donors (Lipinski definition) is 2. The number of thioether (sulfide) groups is 1. The van der Waals surface area contributed by atoms with Gasteiger partial charge in [-0.3, -0.25) is 9.59 Å². The van der Waals surface area contributed by atoms with Crippen LogP contribution in [0.4, 0.5) is 5.69 Å². The summed E-state index contributed by atoms with van der Waals surface area (Å²) in [6, 6.07) is 9.78. The van der Waals surface area contributed by atoms with E-state index in [2.05, 4.69) is 10.6 Å². The Morgan fingerprint density at radius 3 is 2.48 bits per heavy atom. The number of benzene rings is 2. The molecule has 0 fully saturated rings. The molecule has 0 aliphatic rings. The lowest BCUT2D eigenvalue weighted by atomic mass is 10.1. The van der Waals surface area contributed by atoms with Gasteiger partial charge in [0.15, 0.2) is 0 Å². The Labute approximate surface area is 174 Å². The molecule has 0 saturated heterocycles. The molecule has 1 atom stereocenters. The van der Waals surface area contributed by atoms with Gasteiger partial charge in [0.05, 0.1) is 10.6 Å². The van der Waals surface area contributed by atoms with Crippen molar-refractivity contribution in [1.82, 2.24) is 5.32 Å². The number of halogens is 2. The average Bonchev–Trinajstić information content (AvgIpc) is 2.60. The van der Waals surface area contributed by atoms with E-state index >= 15 is 0 Å². The minimum absolute atomic E-state index is 0.249. The van der Waals surface area contributed by atoms with Gasteiger partial charge < -0.3 is 10.6 Å². The summed E-state index contributed by atoms with van der Waals surface area (Å²) in [6.45, 7) is 3.93. The van der Waals surface area contributed by atoms with E-state index < -0.39 is 11.9 Å². The summed E-state index contributed by atoms with van der Waals surface area (Å²) in [5, 5.41) is 6.39. The molecule has 0 aliphatic carbocycles. The van der Waals surface area contributed by atoms with Gasteiger partial charge >= 0.3 is 0 Å². The van der Waals surface area contributed by atoms with Crippen LogP contribution in [-0.4, -0.2) is 29.9 Å². The number of carbonyl (C=O) groups is 2. The van der Waals surface area contributed by atoms with Crippen molar-refractivity contribution in [2.24, 2.45) is 0 Å². The molecule has 0 spiro atoms. The molecule has 0 saturated carbocycles. The molecule has 2 amide bonds. The van der Waals surface area contributed by atoms with E-state index in [0.29, 0.717) is 11.4 Å². The Morgan fingerprint density at radius 2 is 1.85 bits per heavy atom. The van der Waals surface area contributed by atoms with Crippen molar-refractivity contribution in [1.29, 1.82) is 0 Å². The van der Waals surface area contributed by atoms with Crippen LogP contribution in [0, 0.1) is 13.8 Å². The highest BCUT2D eigenvalue weighted by Crippen LogP contribution is 2.21. The van der Waals surface area contributed by atoms with Gasteiger partial charge in [-0.2, -0.15) is 11.8 Å². The smallest absolute Gasteiger partial charge is 0.253 e. The molecule has 4 nitrogen and oxygen atoms in total. The van der Waals surface area contributed by atoms with E-state index in [1.807, 2.05) is 38.3 Å². The molecular formula is C20H22Cl2N2O2S. The SMILES string of the molecule is CSCCC(NC(=O)c1ccc(Cl)cc1Cl)C(=O)Nc1ccc(C)cc1C. The Morgan fingerprint density at radius 1 is 1.11 bits per heavy atom. The quantitative estimate of drug-likeness (QED) is 0.649. The van der Waals surface area contributed by atoms with E-state index in [1.54, 1.807) is 23.9 Å². The minimum Gasteiger partial charge on any atom is -0.340 e. The minimum atomic E-state index is -0.669. The molecule has 2 N–H and O–H groups in total. The van der Waals surface area contributed by atoms with E-state index in [1.165, 1.54) is 6.07 Å². The molecule has 0 heterocycles. The summed E-state index contributed by atoms with van der Waals surface area (Å²) in [6.07, 6.45) is 2.46. The van der Waals surface area contributed by atoms with Gasteiger partial charge in [-0.15, -0.1) is 0 Å². The van der Waals surface area contributed by atoms with Crippen LogP contribution in [0.15, 0.2) is 36.4 Å². The fraction of sp³-hybridized carbons (Fsp3) is 0.300. The van der Waals surface area contributed by atoms with Crippen LogP contribution in [-0.2, 0) is 4.79 Å². The number of nitrogens with one attached hydrogen (secondary N) is 2. The van der Waals surface area contributed by atoms with E-state index in [9.17, 15) is 9.59 Å². The Balaban J connectivity index is 2.15. The molecular weight excluding hydrogens is 403 g/mol. The second-order valence-electron chi connectivity index (χ2n) is 6.24. The Bertz CT molecular complexity index is 843. The lowest BCUT2D eigenvalue weighted by Crippen LogP contribution is -2.44. The van der Waals surface area contributed by atoms with Crippen molar-refractivity contribution in [2.45, 2.75) is 26.3 Å². The summed E-state index contributed by atoms with van der Waals surface area (Å²) >= 11 is 13.6. The topological polar surface area (TPSA) is 58.2 Å². The fourth-order valence-electron chi connectivity index (χ4n) is 2.59. The van der Waals surface area contributed by atoms with E-state index in [-0.39, 0.29) is 16.5 Å². The summed E-state index contributed by atoms with van der Waals surface area (Å²) in [5.41, 5.74) is 3.11. The first-order valence-corrected chi connectivity index (χ1v) is 10.6. The van der Waals surface area contributed by atoms with Crippen LogP contribution in [0.5, 0.6) is 0 Å². The first-order valence-electron chi connectivity index (χ1n) is 8.44. The highest BCUT2D eigenvalue weighted by Gasteiger charge is 2.23. The zero-order valence-electron chi connectivity index (χ0n) is 15.4. The number of aryl methyl sites for hydroxylation is 2. The third kappa shape index (κ3) is 6.16. The Hall–Kier alpha value is -1.69. The average molecular weight is 425 g/mol. The van der Waals surface area contributed by atoms with Crippen LogP contribution in [0.3, 0.4) is 0 Å². The third-order valence-electron chi connectivity index (χ3n) is 4.05. The number of anilines is 1. The fourth-order valence-corrected chi connectivity index (χ4v) is 3.55. The predicted octanol–water partition coefficient (Wildman–Crippen LogP) is 5.10. The number of carbonyl (C=O) groups excluding carboxylic acids is 2. The maximum atomic E-state index is 12.8. The van der Waals surface area contributed by atoms with Crippen LogP contribution >= 0.6 is 35.0 Å². The van der Waals surface area contributed by atoms with Crippen LogP contribution in [0.1, 0.15) is 27.9 Å². The molecule has 0 aliphatic heterocycles. The maximum absolute atomic E-state index is 12.8. The molecule has 0 radical (unpaired) electrons. The van der Waals surface area contributed by atoms with E-state index in [4.69, 9.17) is 23.2 Å². The van der Waals surface area contributed by atoms with Crippen molar-refractivity contribution >= 4 is 52.5 Å². The first kappa shape index (κ1) is 21.6. The summed E-state index contributed by atoms with van der Waals surface area (Å²) < 4.78 is 0. The summed E-state index contributed by atoms with van der Waals surface area (Å²) in [7, 11) is 0. The molecule has 144 valence electrons. The lowest BCUT2D eigenvalue weighted by molar-refractivity contribution is -0.118. The molecule has 0 aromatic heterocycles.